The van der Waals surface area contributed by atoms with Crippen LogP contribution in [0.4, 0.5) is 0 Å². The van der Waals surface area contributed by atoms with Gasteiger partial charge in [0.25, 0.3) is 0 Å². The van der Waals surface area contributed by atoms with Crippen molar-refractivity contribution in [3.63, 3.8) is 0 Å². The number of rotatable bonds is 4. The van der Waals surface area contributed by atoms with Crippen LogP contribution in [0.1, 0.15) is 39.5 Å². The van der Waals surface area contributed by atoms with Crippen LogP contribution in [0.25, 0.3) is 5.65 Å². The molecule has 1 N–H and O–H groups in total. The minimum atomic E-state index is -0.274. The van der Waals surface area contributed by atoms with Crippen molar-refractivity contribution < 1.29 is 4.79 Å². The maximum absolute atomic E-state index is 12.5. The van der Waals surface area contributed by atoms with Crippen molar-refractivity contribution in [2.45, 2.75) is 56.0 Å². The molecule has 3 rings (SSSR count). The first-order chi connectivity index (χ1) is 11.5. The fourth-order valence-electron chi connectivity index (χ4n) is 3.03. The Morgan fingerprint density at radius 3 is 2.88 bits per heavy atom. The number of carbonyl (C=O) groups is 1. The van der Waals surface area contributed by atoms with Crippen LogP contribution in [0.15, 0.2) is 17.4 Å². The molecule has 1 fully saturated rings. The fraction of sp³-hybridized carbons (Fsp3) is 0.562. The summed E-state index contributed by atoms with van der Waals surface area (Å²) in [7, 11) is 0. The van der Waals surface area contributed by atoms with Crippen molar-refractivity contribution in [2.75, 3.05) is 0 Å². The van der Waals surface area contributed by atoms with Crippen molar-refractivity contribution in [1.82, 2.24) is 19.9 Å². The molecule has 2 aromatic heterocycles. The van der Waals surface area contributed by atoms with Gasteiger partial charge < -0.3 is 5.32 Å². The van der Waals surface area contributed by atoms with Crippen molar-refractivity contribution in [3.05, 3.63) is 22.3 Å². The number of thioether (sulfide) groups is 1. The summed E-state index contributed by atoms with van der Waals surface area (Å²) >= 11 is 13.5. The highest BCUT2D eigenvalue weighted by Gasteiger charge is 2.26. The van der Waals surface area contributed by atoms with Crippen molar-refractivity contribution in [2.24, 2.45) is 5.92 Å². The van der Waals surface area contributed by atoms with Crippen LogP contribution in [-0.4, -0.2) is 31.8 Å². The summed E-state index contributed by atoms with van der Waals surface area (Å²) in [4.78, 5) is 12.5. The predicted molar refractivity (Wildman–Crippen MR) is 97.9 cm³/mol. The molecule has 0 unspecified atom stereocenters. The molecular weight excluding hydrogens is 367 g/mol. The van der Waals surface area contributed by atoms with Gasteiger partial charge in [-0.3, -0.25) is 9.20 Å². The highest BCUT2D eigenvalue weighted by molar-refractivity contribution is 8.00. The average Bonchev–Trinajstić information content (AvgIpc) is 2.92. The van der Waals surface area contributed by atoms with Gasteiger partial charge in [0.2, 0.25) is 5.91 Å². The molecule has 0 saturated heterocycles. The van der Waals surface area contributed by atoms with Crippen LogP contribution in [0.5, 0.6) is 0 Å². The summed E-state index contributed by atoms with van der Waals surface area (Å²) < 4.78 is 1.72. The number of hydrogen-bond acceptors (Lipinski definition) is 4. The number of halogens is 2. The van der Waals surface area contributed by atoms with Gasteiger partial charge in [-0.05, 0) is 31.7 Å². The SMILES string of the molecule is C[C@@H]1CCCC[C@H]1NC(=O)[C@@H](C)Sc1nnc2c(Cl)cc(Cl)cn12. The number of fused-ring (bicyclic) bond motifs is 1. The van der Waals surface area contributed by atoms with E-state index in [0.717, 1.165) is 6.42 Å². The van der Waals surface area contributed by atoms with E-state index in [-0.39, 0.29) is 17.2 Å². The highest BCUT2D eigenvalue weighted by Crippen LogP contribution is 2.28. The fourth-order valence-corrected chi connectivity index (χ4v) is 4.37. The number of nitrogens with one attached hydrogen (secondary N) is 1. The number of amides is 1. The molecule has 0 spiro atoms. The third-order valence-corrected chi connectivity index (χ3v) is 6.03. The summed E-state index contributed by atoms with van der Waals surface area (Å²) in [5.74, 6) is 0.565. The zero-order valence-electron chi connectivity index (χ0n) is 13.6. The molecule has 2 heterocycles. The molecule has 0 aliphatic heterocycles. The summed E-state index contributed by atoms with van der Waals surface area (Å²) in [6, 6.07) is 1.90. The van der Waals surface area contributed by atoms with E-state index in [1.54, 1.807) is 16.7 Å². The molecule has 1 saturated carbocycles. The van der Waals surface area contributed by atoms with E-state index in [9.17, 15) is 4.79 Å². The van der Waals surface area contributed by atoms with Crippen LogP contribution in [0, 0.1) is 5.92 Å². The summed E-state index contributed by atoms with van der Waals surface area (Å²) in [6.07, 6.45) is 6.38. The predicted octanol–water partition coefficient (Wildman–Crippen LogP) is 4.21. The second-order valence-electron chi connectivity index (χ2n) is 6.32. The van der Waals surface area contributed by atoms with Gasteiger partial charge in [-0.15, -0.1) is 10.2 Å². The van der Waals surface area contributed by atoms with Gasteiger partial charge in [0.15, 0.2) is 10.8 Å². The molecule has 8 heteroatoms. The van der Waals surface area contributed by atoms with Gasteiger partial charge >= 0.3 is 0 Å². The topological polar surface area (TPSA) is 59.3 Å². The number of carbonyl (C=O) groups excluding carboxylic acids is 1. The van der Waals surface area contributed by atoms with Crippen molar-refractivity contribution in [1.29, 1.82) is 0 Å². The van der Waals surface area contributed by atoms with Crippen LogP contribution >= 0.6 is 35.0 Å². The van der Waals surface area contributed by atoms with E-state index >= 15 is 0 Å². The molecule has 0 aromatic carbocycles. The minimum Gasteiger partial charge on any atom is -0.352 e. The highest BCUT2D eigenvalue weighted by atomic mass is 35.5. The molecule has 130 valence electrons. The Morgan fingerprint density at radius 1 is 1.38 bits per heavy atom. The van der Waals surface area contributed by atoms with Crippen LogP contribution in [0.2, 0.25) is 10.0 Å². The second kappa shape index (κ2) is 7.50. The first-order valence-electron chi connectivity index (χ1n) is 8.12. The maximum Gasteiger partial charge on any atom is 0.233 e. The molecule has 0 bridgehead atoms. The van der Waals surface area contributed by atoms with Gasteiger partial charge in [-0.1, -0.05) is 54.7 Å². The van der Waals surface area contributed by atoms with Gasteiger partial charge in [-0.25, -0.2) is 0 Å². The van der Waals surface area contributed by atoms with E-state index in [4.69, 9.17) is 23.2 Å². The first kappa shape index (κ1) is 17.8. The zero-order valence-corrected chi connectivity index (χ0v) is 16.0. The molecule has 2 aromatic rings. The summed E-state index contributed by atoms with van der Waals surface area (Å²) in [5.41, 5.74) is 0.539. The van der Waals surface area contributed by atoms with Crippen LogP contribution in [0.3, 0.4) is 0 Å². The van der Waals surface area contributed by atoms with Crippen molar-refractivity contribution >= 4 is 46.5 Å². The third-order valence-electron chi connectivity index (χ3n) is 4.49. The lowest BCUT2D eigenvalue weighted by Crippen LogP contribution is -2.44. The average molecular weight is 387 g/mol. The lowest BCUT2D eigenvalue weighted by atomic mass is 9.86. The summed E-state index contributed by atoms with van der Waals surface area (Å²) in [5, 5.41) is 12.7. The van der Waals surface area contributed by atoms with E-state index in [1.165, 1.54) is 31.0 Å². The van der Waals surface area contributed by atoms with Gasteiger partial charge in [0, 0.05) is 12.2 Å². The van der Waals surface area contributed by atoms with E-state index in [2.05, 4.69) is 22.4 Å². The zero-order chi connectivity index (χ0) is 17.3. The molecule has 1 aliphatic rings. The monoisotopic (exact) mass is 386 g/mol. The number of hydrogen-bond donors (Lipinski definition) is 1. The van der Waals surface area contributed by atoms with Gasteiger partial charge in [-0.2, -0.15) is 0 Å². The number of nitrogens with zero attached hydrogens (tertiary/aromatic N) is 3. The van der Waals surface area contributed by atoms with Gasteiger partial charge in [0.05, 0.1) is 15.3 Å². The molecular formula is C16H20Cl2N4OS. The van der Waals surface area contributed by atoms with Gasteiger partial charge in [0.1, 0.15) is 0 Å². The normalized spacial score (nSPS) is 22.5. The van der Waals surface area contributed by atoms with Crippen LogP contribution < -0.4 is 5.32 Å². The quantitative estimate of drug-likeness (QED) is 0.799. The Kier molecular flexibility index (Phi) is 5.57. The van der Waals surface area contributed by atoms with E-state index in [1.807, 2.05) is 6.92 Å². The Bertz CT molecular complexity index is 751. The Balaban J connectivity index is 1.70. The third kappa shape index (κ3) is 3.81. The lowest BCUT2D eigenvalue weighted by molar-refractivity contribution is -0.121. The molecule has 1 aliphatic carbocycles. The van der Waals surface area contributed by atoms with Crippen LogP contribution in [-0.2, 0) is 4.79 Å². The molecule has 24 heavy (non-hydrogen) atoms. The Labute approximate surface area is 155 Å². The van der Waals surface area contributed by atoms with E-state index in [0.29, 0.717) is 26.8 Å². The number of pyridine rings is 1. The van der Waals surface area contributed by atoms with E-state index < -0.39 is 0 Å². The molecule has 0 radical (unpaired) electrons. The minimum absolute atomic E-state index is 0.0311. The smallest absolute Gasteiger partial charge is 0.233 e. The molecule has 3 atom stereocenters. The van der Waals surface area contributed by atoms with Crippen molar-refractivity contribution in [3.8, 4) is 0 Å². The molecule has 5 nitrogen and oxygen atoms in total. The standard InChI is InChI=1S/C16H20Cl2N4OS/c1-9-5-3-4-6-13(9)19-15(23)10(2)24-16-21-20-14-12(18)7-11(17)8-22(14)16/h7-10,13H,3-6H2,1-2H3,(H,19,23)/t9-,10-,13-/m1/s1. The Hall–Kier alpha value is -0.980. The lowest BCUT2D eigenvalue weighted by Gasteiger charge is -2.30. The Morgan fingerprint density at radius 2 is 2.12 bits per heavy atom. The summed E-state index contributed by atoms with van der Waals surface area (Å²) in [6.45, 7) is 4.08. The maximum atomic E-state index is 12.5. The molecule has 1 amide bonds. The second-order valence-corrected chi connectivity index (χ2v) is 8.47. The largest absolute Gasteiger partial charge is 0.352 e. The number of aromatic nitrogens is 3. The first-order valence-corrected chi connectivity index (χ1v) is 9.76.